The molecule has 1 atom stereocenters. The fraction of sp³-hybridized carbons (Fsp3) is 0.800. The van der Waals surface area contributed by atoms with Crippen LogP contribution >= 0.6 is 0 Å². The number of urea groups is 1. The highest BCUT2D eigenvalue weighted by Crippen LogP contribution is 2.36. The Balaban J connectivity index is 1.86. The van der Waals surface area contributed by atoms with Gasteiger partial charge in [0.2, 0.25) is 5.91 Å². The topological polar surface area (TPSA) is 98.7 Å². The molecule has 2 aliphatic rings. The van der Waals surface area contributed by atoms with Gasteiger partial charge in [-0.3, -0.25) is 4.79 Å². The Morgan fingerprint density at radius 3 is 2.55 bits per heavy atom. The number of amides is 3. The summed E-state index contributed by atoms with van der Waals surface area (Å²) in [7, 11) is 0. The van der Waals surface area contributed by atoms with Crippen LogP contribution in [-0.2, 0) is 9.59 Å². The Bertz CT molecular complexity index is 460. The van der Waals surface area contributed by atoms with Crippen LogP contribution < -0.4 is 10.6 Å². The molecule has 3 N–H and O–H groups in total. The predicted octanol–water partition coefficient (Wildman–Crippen LogP) is 0.797. The number of likely N-dealkylation sites (tertiary alicyclic amines) is 1. The second kappa shape index (κ2) is 6.54. The number of carbonyl (C=O) groups is 3. The van der Waals surface area contributed by atoms with E-state index in [1.807, 2.05) is 13.8 Å². The minimum atomic E-state index is -1.06. The average Bonchev–Trinajstić information content (AvgIpc) is 3.25. The van der Waals surface area contributed by atoms with Crippen molar-refractivity contribution in [1.29, 1.82) is 0 Å². The van der Waals surface area contributed by atoms with Gasteiger partial charge in [0.15, 0.2) is 0 Å². The lowest BCUT2D eigenvalue weighted by Gasteiger charge is -2.32. The van der Waals surface area contributed by atoms with Gasteiger partial charge in [0.25, 0.3) is 0 Å². The van der Waals surface area contributed by atoms with Crippen molar-refractivity contribution >= 4 is 17.9 Å². The standard InChI is InChI=1S/C15H25N3O4/c1-10(2)8-16-14(22)18-7-3-4-11(9-18)12(19)17-15(5-6-15)13(20)21/h10-11H,3-9H2,1-2H3,(H,16,22)(H,17,19)(H,20,21). The Labute approximate surface area is 130 Å². The third-order valence-corrected chi connectivity index (χ3v) is 4.26. The van der Waals surface area contributed by atoms with E-state index in [0.717, 1.165) is 6.42 Å². The first-order valence-electron chi connectivity index (χ1n) is 7.92. The van der Waals surface area contributed by atoms with Crippen molar-refractivity contribution in [1.82, 2.24) is 15.5 Å². The van der Waals surface area contributed by atoms with E-state index in [-0.39, 0.29) is 17.9 Å². The minimum Gasteiger partial charge on any atom is -0.480 e. The predicted molar refractivity (Wildman–Crippen MR) is 80.3 cm³/mol. The molecular formula is C15H25N3O4. The Morgan fingerprint density at radius 2 is 2.00 bits per heavy atom. The molecule has 3 amide bonds. The van der Waals surface area contributed by atoms with Crippen LogP contribution in [0.25, 0.3) is 0 Å². The van der Waals surface area contributed by atoms with Gasteiger partial charge in [0.1, 0.15) is 5.54 Å². The molecule has 1 saturated carbocycles. The van der Waals surface area contributed by atoms with Crippen LogP contribution in [-0.4, -0.2) is 53.1 Å². The van der Waals surface area contributed by atoms with Crippen molar-refractivity contribution in [3.8, 4) is 0 Å². The quantitative estimate of drug-likeness (QED) is 0.699. The number of carboxylic acid groups (broad SMARTS) is 1. The molecule has 124 valence electrons. The number of carboxylic acids is 1. The highest BCUT2D eigenvalue weighted by atomic mass is 16.4. The zero-order valence-corrected chi connectivity index (χ0v) is 13.2. The molecule has 7 heteroatoms. The number of rotatable bonds is 5. The van der Waals surface area contributed by atoms with Gasteiger partial charge in [-0.15, -0.1) is 0 Å². The Kier molecular flexibility index (Phi) is 4.93. The number of hydrogen-bond donors (Lipinski definition) is 3. The molecule has 0 bridgehead atoms. The van der Waals surface area contributed by atoms with E-state index < -0.39 is 11.5 Å². The van der Waals surface area contributed by atoms with Gasteiger partial charge >= 0.3 is 12.0 Å². The molecule has 1 unspecified atom stereocenters. The van der Waals surface area contributed by atoms with Gasteiger partial charge < -0.3 is 20.6 Å². The van der Waals surface area contributed by atoms with Gasteiger partial charge in [0, 0.05) is 19.6 Å². The van der Waals surface area contributed by atoms with Crippen molar-refractivity contribution in [2.24, 2.45) is 11.8 Å². The summed E-state index contributed by atoms with van der Waals surface area (Å²) in [6.07, 6.45) is 2.42. The van der Waals surface area contributed by atoms with Crippen LogP contribution in [0.4, 0.5) is 4.79 Å². The normalized spacial score (nSPS) is 23.0. The number of aliphatic carboxylic acids is 1. The molecule has 1 saturated heterocycles. The summed E-state index contributed by atoms with van der Waals surface area (Å²) in [5.41, 5.74) is -1.06. The molecule has 1 aliphatic carbocycles. The SMILES string of the molecule is CC(C)CNC(=O)N1CCCC(C(=O)NC2(C(=O)O)CC2)C1. The summed E-state index contributed by atoms with van der Waals surface area (Å²) in [4.78, 5) is 37.1. The van der Waals surface area contributed by atoms with Gasteiger partial charge in [-0.05, 0) is 31.6 Å². The zero-order chi connectivity index (χ0) is 16.3. The van der Waals surface area contributed by atoms with Crippen LogP contribution in [0.1, 0.15) is 39.5 Å². The van der Waals surface area contributed by atoms with Gasteiger partial charge in [0.05, 0.1) is 5.92 Å². The van der Waals surface area contributed by atoms with E-state index in [4.69, 9.17) is 5.11 Å². The molecule has 7 nitrogen and oxygen atoms in total. The first kappa shape index (κ1) is 16.6. The number of carbonyl (C=O) groups excluding carboxylic acids is 2. The Hall–Kier alpha value is -1.79. The number of nitrogens with one attached hydrogen (secondary N) is 2. The largest absolute Gasteiger partial charge is 0.480 e. The van der Waals surface area contributed by atoms with Crippen molar-refractivity contribution < 1.29 is 19.5 Å². The lowest BCUT2D eigenvalue weighted by atomic mass is 9.97. The van der Waals surface area contributed by atoms with E-state index in [0.29, 0.717) is 44.8 Å². The van der Waals surface area contributed by atoms with Crippen molar-refractivity contribution in [3.05, 3.63) is 0 Å². The molecule has 0 aromatic heterocycles. The summed E-state index contributed by atoms with van der Waals surface area (Å²) < 4.78 is 0. The van der Waals surface area contributed by atoms with E-state index in [9.17, 15) is 14.4 Å². The van der Waals surface area contributed by atoms with Crippen LogP contribution in [0, 0.1) is 11.8 Å². The first-order chi connectivity index (χ1) is 10.3. The lowest BCUT2D eigenvalue weighted by molar-refractivity contribution is -0.144. The van der Waals surface area contributed by atoms with Crippen molar-refractivity contribution in [2.45, 2.75) is 45.1 Å². The second-order valence-corrected chi connectivity index (χ2v) is 6.74. The maximum atomic E-state index is 12.3. The third-order valence-electron chi connectivity index (χ3n) is 4.26. The molecule has 2 rings (SSSR count). The van der Waals surface area contributed by atoms with Gasteiger partial charge in [-0.1, -0.05) is 13.8 Å². The van der Waals surface area contributed by atoms with E-state index >= 15 is 0 Å². The Morgan fingerprint density at radius 1 is 1.32 bits per heavy atom. The fourth-order valence-corrected chi connectivity index (χ4v) is 2.63. The molecule has 22 heavy (non-hydrogen) atoms. The molecule has 1 aliphatic heterocycles. The molecule has 1 heterocycles. The highest BCUT2D eigenvalue weighted by molar-refractivity contribution is 5.90. The van der Waals surface area contributed by atoms with Gasteiger partial charge in [-0.2, -0.15) is 0 Å². The number of hydrogen-bond acceptors (Lipinski definition) is 3. The summed E-state index contributed by atoms with van der Waals surface area (Å²) >= 11 is 0. The van der Waals surface area contributed by atoms with Crippen molar-refractivity contribution in [2.75, 3.05) is 19.6 Å². The maximum Gasteiger partial charge on any atom is 0.329 e. The summed E-state index contributed by atoms with van der Waals surface area (Å²) in [6.45, 7) is 5.64. The van der Waals surface area contributed by atoms with Crippen LogP contribution in [0.15, 0.2) is 0 Å². The van der Waals surface area contributed by atoms with Crippen molar-refractivity contribution in [3.63, 3.8) is 0 Å². The second-order valence-electron chi connectivity index (χ2n) is 6.74. The van der Waals surface area contributed by atoms with Gasteiger partial charge in [-0.25, -0.2) is 9.59 Å². The smallest absolute Gasteiger partial charge is 0.329 e. The number of piperidine rings is 1. The average molecular weight is 311 g/mol. The maximum absolute atomic E-state index is 12.3. The first-order valence-corrected chi connectivity index (χ1v) is 7.92. The van der Waals surface area contributed by atoms with E-state index in [2.05, 4.69) is 10.6 Å². The lowest BCUT2D eigenvalue weighted by Crippen LogP contribution is -2.52. The molecule has 0 aromatic rings. The highest BCUT2D eigenvalue weighted by Gasteiger charge is 2.52. The van der Waals surface area contributed by atoms with Crippen LogP contribution in [0.2, 0.25) is 0 Å². The molecular weight excluding hydrogens is 286 g/mol. The minimum absolute atomic E-state index is 0.148. The fourth-order valence-electron chi connectivity index (χ4n) is 2.63. The molecule has 0 spiro atoms. The third kappa shape index (κ3) is 3.90. The summed E-state index contributed by atoms with van der Waals surface area (Å²) in [6, 6.07) is -0.148. The number of nitrogens with zero attached hydrogens (tertiary/aromatic N) is 1. The summed E-state index contributed by atoms with van der Waals surface area (Å²) in [5.74, 6) is -1.17. The zero-order valence-electron chi connectivity index (χ0n) is 13.2. The molecule has 0 aromatic carbocycles. The summed E-state index contributed by atoms with van der Waals surface area (Å²) in [5, 5.41) is 14.6. The van der Waals surface area contributed by atoms with Crippen LogP contribution in [0.5, 0.6) is 0 Å². The van der Waals surface area contributed by atoms with E-state index in [1.165, 1.54) is 0 Å². The van der Waals surface area contributed by atoms with E-state index in [1.54, 1.807) is 4.90 Å². The van der Waals surface area contributed by atoms with Crippen LogP contribution in [0.3, 0.4) is 0 Å². The molecule has 0 radical (unpaired) electrons. The molecule has 2 fully saturated rings. The monoisotopic (exact) mass is 311 g/mol.